The first-order valence-electron chi connectivity index (χ1n) is 5.09. The van der Waals surface area contributed by atoms with Gasteiger partial charge in [-0.15, -0.1) is 0 Å². The molecule has 1 fully saturated rings. The molecule has 0 aromatic carbocycles. The summed E-state index contributed by atoms with van der Waals surface area (Å²) in [6, 6.07) is 0.595. The molecule has 1 aliphatic carbocycles. The Morgan fingerprint density at radius 1 is 1.58 bits per heavy atom. The minimum absolute atomic E-state index is 0.595. The molecular formula is C10H22N2. The molecule has 0 aromatic heterocycles. The van der Waals surface area contributed by atoms with E-state index in [1.54, 1.807) is 0 Å². The van der Waals surface area contributed by atoms with Crippen LogP contribution in [-0.2, 0) is 0 Å². The lowest BCUT2D eigenvalue weighted by molar-refractivity contribution is 0.228. The van der Waals surface area contributed by atoms with E-state index in [0.29, 0.717) is 6.04 Å². The predicted molar refractivity (Wildman–Crippen MR) is 53.0 cm³/mol. The summed E-state index contributed by atoms with van der Waals surface area (Å²) in [6.45, 7) is 6.59. The number of hydrogen-bond acceptors (Lipinski definition) is 2. The van der Waals surface area contributed by atoms with E-state index >= 15 is 0 Å². The second-order valence-electron chi connectivity index (χ2n) is 4.21. The van der Waals surface area contributed by atoms with Gasteiger partial charge in [0.15, 0.2) is 0 Å². The van der Waals surface area contributed by atoms with Gasteiger partial charge < -0.3 is 10.6 Å². The summed E-state index contributed by atoms with van der Waals surface area (Å²) < 4.78 is 0. The summed E-state index contributed by atoms with van der Waals surface area (Å²) in [5.74, 6) is 1.92. The Morgan fingerprint density at radius 2 is 2.17 bits per heavy atom. The van der Waals surface area contributed by atoms with Gasteiger partial charge in [-0.1, -0.05) is 13.8 Å². The fraction of sp³-hybridized carbons (Fsp3) is 1.00. The average Bonchev–Trinajstić information content (AvgIpc) is 2.69. The molecule has 0 amide bonds. The summed E-state index contributed by atoms with van der Waals surface area (Å²) >= 11 is 0. The van der Waals surface area contributed by atoms with Crippen molar-refractivity contribution in [1.82, 2.24) is 4.90 Å². The lowest BCUT2D eigenvalue weighted by atomic mass is 10.2. The highest BCUT2D eigenvalue weighted by molar-refractivity contribution is 4.85. The van der Waals surface area contributed by atoms with Gasteiger partial charge in [0.2, 0.25) is 0 Å². The fourth-order valence-electron chi connectivity index (χ4n) is 1.83. The maximum absolute atomic E-state index is 5.67. The molecule has 2 heteroatoms. The molecule has 2 N–H and O–H groups in total. The van der Waals surface area contributed by atoms with Crippen molar-refractivity contribution >= 4 is 0 Å². The molecule has 0 aromatic rings. The summed E-state index contributed by atoms with van der Waals surface area (Å²) in [5.41, 5.74) is 5.67. The molecule has 3 atom stereocenters. The number of likely N-dealkylation sites (N-methyl/N-ethyl adjacent to an activating group) is 1. The normalized spacial score (nSPS) is 30.8. The van der Waals surface area contributed by atoms with E-state index in [-0.39, 0.29) is 0 Å². The molecule has 0 bridgehead atoms. The molecule has 0 spiro atoms. The predicted octanol–water partition coefficient (Wildman–Crippen LogP) is 1.31. The Balaban J connectivity index is 2.21. The van der Waals surface area contributed by atoms with Crippen LogP contribution in [0, 0.1) is 11.8 Å². The maximum Gasteiger partial charge on any atom is 0.0212 e. The Kier molecular flexibility index (Phi) is 3.53. The van der Waals surface area contributed by atoms with Gasteiger partial charge >= 0.3 is 0 Å². The van der Waals surface area contributed by atoms with E-state index in [0.717, 1.165) is 18.4 Å². The quantitative estimate of drug-likeness (QED) is 0.674. The zero-order chi connectivity index (χ0) is 9.14. The van der Waals surface area contributed by atoms with Crippen LogP contribution in [0.1, 0.15) is 26.7 Å². The van der Waals surface area contributed by atoms with Crippen molar-refractivity contribution in [3.63, 3.8) is 0 Å². The molecule has 1 aliphatic rings. The van der Waals surface area contributed by atoms with E-state index in [9.17, 15) is 0 Å². The maximum atomic E-state index is 5.67. The Hall–Kier alpha value is -0.0800. The molecule has 0 heterocycles. The number of rotatable bonds is 5. The number of hydrogen-bond donors (Lipinski definition) is 1. The highest BCUT2D eigenvalue weighted by atomic mass is 15.1. The molecule has 0 aliphatic heterocycles. The summed E-state index contributed by atoms with van der Waals surface area (Å²) in [6.07, 6.45) is 2.60. The zero-order valence-electron chi connectivity index (χ0n) is 8.59. The van der Waals surface area contributed by atoms with Crippen LogP contribution < -0.4 is 5.73 Å². The highest BCUT2D eigenvalue weighted by Crippen LogP contribution is 2.38. The number of nitrogens with zero attached hydrogens (tertiary/aromatic N) is 1. The van der Waals surface area contributed by atoms with Crippen molar-refractivity contribution in [2.24, 2.45) is 17.6 Å². The van der Waals surface area contributed by atoms with E-state index in [1.165, 1.54) is 19.4 Å². The lowest BCUT2D eigenvalue weighted by Crippen LogP contribution is -2.38. The molecule has 1 saturated carbocycles. The zero-order valence-corrected chi connectivity index (χ0v) is 8.59. The molecule has 0 saturated heterocycles. The van der Waals surface area contributed by atoms with Gasteiger partial charge in [-0.25, -0.2) is 0 Å². The molecule has 0 radical (unpaired) electrons. The Labute approximate surface area is 76.1 Å². The van der Waals surface area contributed by atoms with Gasteiger partial charge in [0, 0.05) is 19.1 Å². The SMILES string of the molecule is CCC(CN)N(C)CC1CC1C. The average molecular weight is 170 g/mol. The van der Waals surface area contributed by atoms with Crippen LogP contribution in [0.4, 0.5) is 0 Å². The minimum Gasteiger partial charge on any atom is -0.329 e. The lowest BCUT2D eigenvalue weighted by Gasteiger charge is -2.25. The van der Waals surface area contributed by atoms with Crippen LogP contribution in [0.3, 0.4) is 0 Å². The van der Waals surface area contributed by atoms with Gasteiger partial charge in [0.25, 0.3) is 0 Å². The van der Waals surface area contributed by atoms with Crippen molar-refractivity contribution in [2.45, 2.75) is 32.7 Å². The second kappa shape index (κ2) is 4.24. The van der Waals surface area contributed by atoms with Crippen LogP contribution in [0.2, 0.25) is 0 Å². The molecular weight excluding hydrogens is 148 g/mol. The van der Waals surface area contributed by atoms with Crippen LogP contribution in [0.15, 0.2) is 0 Å². The van der Waals surface area contributed by atoms with Crippen LogP contribution >= 0.6 is 0 Å². The Bertz CT molecular complexity index is 132. The van der Waals surface area contributed by atoms with Gasteiger partial charge in [-0.2, -0.15) is 0 Å². The highest BCUT2D eigenvalue weighted by Gasteiger charge is 2.33. The van der Waals surface area contributed by atoms with E-state index in [1.807, 2.05) is 0 Å². The molecule has 1 rings (SSSR count). The number of nitrogens with two attached hydrogens (primary N) is 1. The van der Waals surface area contributed by atoms with Crippen LogP contribution in [0.5, 0.6) is 0 Å². The van der Waals surface area contributed by atoms with E-state index in [2.05, 4.69) is 25.8 Å². The van der Waals surface area contributed by atoms with E-state index < -0.39 is 0 Å². The van der Waals surface area contributed by atoms with Gasteiger partial charge in [-0.05, 0) is 31.7 Å². The largest absolute Gasteiger partial charge is 0.329 e. The minimum atomic E-state index is 0.595. The standard InChI is InChI=1S/C10H22N2/c1-4-10(6-11)12(3)7-9-5-8(9)2/h8-10H,4-7,11H2,1-3H3. The third kappa shape index (κ3) is 2.46. The first-order valence-corrected chi connectivity index (χ1v) is 5.09. The van der Waals surface area contributed by atoms with Crippen molar-refractivity contribution in [2.75, 3.05) is 20.1 Å². The topological polar surface area (TPSA) is 29.3 Å². The molecule has 12 heavy (non-hydrogen) atoms. The smallest absolute Gasteiger partial charge is 0.0212 e. The molecule has 72 valence electrons. The van der Waals surface area contributed by atoms with Gasteiger partial charge in [0.1, 0.15) is 0 Å². The Morgan fingerprint density at radius 3 is 2.50 bits per heavy atom. The monoisotopic (exact) mass is 170 g/mol. The third-order valence-electron chi connectivity index (χ3n) is 3.17. The summed E-state index contributed by atoms with van der Waals surface area (Å²) in [7, 11) is 2.20. The first kappa shape index (κ1) is 10.0. The second-order valence-corrected chi connectivity index (χ2v) is 4.21. The first-order chi connectivity index (χ1) is 5.69. The van der Waals surface area contributed by atoms with Crippen molar-refractivity contribution < 1.29 is 0 Å². The molecule has 2 nitrogen and oxygen atoms in total. The van der Waals surface area contributed by atoms with Gasteiger partial charge in [-0.3, -0.25) is 0 Å². The van der Waals surface area contributed by atoms with Crippen molar-refractivity contribution in [3.05, 3.63) is 0 Å². The van der Waals surface area contributed by atoms with Gasteiger partial charge in [0.05, 0.1) is 0 Å². The fourth-order valence-corrected chi connectivity index (χ4v) is 1.83. The van der Waals surface area contributed by atoms with Crippen molar-refractivity contribution in [3.8, 4) is 0 Å². The molecule has 3 unspecified atom stereocenters. The summed E-state index contributed by atoms with van der Waals surface area (Å²) in [4.78, 5) is 2.42. The van der Waals surface area contributed by atoms with Crippen molar-refractivity contribution in [1.29, 1.82) is 0 Å². The van der Waals surface area contributed by atoms with Crippen LogP contribution in [-0.4, -0.2) is 31.1 Å². The summed E-state index contributed by atoms with van der Waals surface area (Å²) in [5, 5.41) is 0. The van der Waals surface area contributed by atoms with Crippen LogP contribution in [0.25, 0.3) is 0 Å². The van der Waals surface area contributed by atoms with E-state index in [4.69, 9.17) is 5.73 Å². The third-order valence-corrected chi connectivity index (χ3v) is 3.17.